The highest BCUT2D eigenvalue weighted by Gasteiger charge is 2.45. The number of aliphatic hydroxyl groups excluding tert-OH is 1. The van der Waals surface area contributed by atoms with Gasteiger partial charge in [0, 0.05) is 31.9 Å². The maximum absolute atomic E-state index is 13.2. The van der Waals surface area contributed by atoms with Crippen molar-refractivity contribution in [2.24, 2.45) is 0 Å². The molecule has 0 spiro atoms. The van der Waals surface area contributed by atoms with Crippen LogP contribution in [-0.4, -0.2) is 49.4 Å². The van der Waals surface area contributed by atoms with Crippen molar-refractivity contribution in [1.29, 1.82) is 0 Å². The van der Waals surface area contributed by atoms with E-state index >= 15 is 0 Å². The monoisotopic (exact) mass is 456 g/mol. The summed E-state index contributed by atoms with van der Waals surface area (Å²) in [6.45, 7) is 0.355. The minimum atomic E-state index is -0.679. The Kier molecular flexibility index (Phi) is 6.68. The summed E-state index contributed by atoms with van der Waals surface area (Å²) >= 11 is 0. The first-order valence-corrected chi connectivity index (χ1v) is 11.1. The molecule has 1 atom stereocenters. The zero-order valence-electron chi connectivity index (χ0n) is 19.6. The molecule has 0 bridgehead atoms. The number of aliphatic hydroxyl groups is 1. The molecule has 1 heterocycles. The van der Waals surface area contributed by atoms with Crippen molar-refractivity contribution in [1.82, 2.24) is 4.90 Å². The van der Waals surface area contributed by atoms with Crippen molar-refractivity contribution in [2.45, 2.75) is 12.5 Å². The fourth-order valence-electron chi connectivity index (χ4n) is 4.21. The van der Waals surface area contributed by atoms with Gasteiger partial charge in [-0.25, -0.2) is 0 Å². The van der Waals surface area contributed by atoms with Crippen molar-refractivity contribution in [3.63, 3.8) is 0 Å². The van der Waals surface area contributed by atoms with Gasteiger partial charge in [-0.05, 0) is 53.9 Å². The molecule has 6 nitrogen and oxygen atoms in total. The average Bonchev–Trinajstić information content (AvgIpc) is 3.12. The number of Topliss-reactive ketones (excluding diaryl/α,β-unsaturated/α-hetero) is 1. The summed E-state index contributed by atoms with van der Waals surface area (Å²) in [5.41, 5.74) is 3.40. The third kappa shape index (κ3) is 4.53. The zero-order valence-corrected chi connectivity index (χ0v) is 19.6. The lowest BCUT2D eigenvalue weighted by molar-refractivity contribution is -0.139. The molecule has 6 heteroatoms. The molecule has 34 heavy (non-hydrogen) atoms. The second-order valence-corrected chi connectivity index (χ2v) is 8.44. The van der Waals surface area contributed by atoms with Gasteiger partial charge in [0.15, 0.2) is 0 Å². The normalized spacial score (nSPS) is 17.1. The largest absolute Gasteiger partial charge is 0.507 e. The summed E-state index contributed by atoms with van der Waals surface area (Å²) in [5.74, 6) is -0.837. The number of hydrogen-bond donors (Lipinski definition) is 1. The molecular weight excluding hydrogens is 428 g/mol. The van der Waals surface area contributed by atoms with E-state index in [-0.39, 0.29) is 11.3 Å². The molecule has 0 radical (unpaired) electrons. The highest BCUT2D eigenvalue weighted by molar-refractivity contribution is 6.46. The molecular formula is C28H28N2O4. The lowest BCUT2D eigenvalue weighted by atomic mass is 9.95. The van der Waals surface area contributed by atoms with Crippen LogP contribution in [0.25, 0.3) is 5.76 Å². The van der Waals surface area contributed by atoms with Gasteiger partial charge in [0.2, 0.25) is 0 Å². The van der Waals surface area contributed by atoms with Gasteiger partial charge in [-0.2, -0.15) is 0 Å². The summed E-state index contributed by atoms with van der Waals surface area (Å²) in [6.07, 6.45) is 0.600. The summed E-state index contributed by atoms with van der Waals surface area (Å²) in [6, 6.07) is 23.6. The fourth-order valence-corrected chi connectivity index (χ4v) is 4.21. The Morgan fingerprint density at radius 2 is 1.59 bits per heavy atom. The molecule has 1 aliphatic rings. The summed E-state index contributed by atoms with van der Waals surface area (Å²) in [4.78, 5) is 29.9. The molecule has 174 valence electrons. The van der Waals surface area contributed by atoms with Gasteiger partial charge < -0.3 is 19.6 Å². The van der Waals surface area contributed by atoms with Gasteiger partial charge in [0.05, 0.1) is 18.7 Å². The zero-order chi connectivity index (χ0) is 24.2. The summed E-state index contributed by atoms with van der Waals surface area (Å²) < 4.78 is 5.19. The van der Waals surface area contributed by atoms with E-state index in [9.17, 15) is 14.7 Å². The van der Waals surface area contributed by atoms with Crippen LogP contribution < -0.4 is 9.64 Å². The van der Waals surface area contributed by atoms with E-state index in [1.54, 1.807) is 36.3 Å². The van der Waals surface area contributed by atoms with E-state index in [0.29, 0.717) is 24.3 Å². The number of ether oxygens (including phenoxy) is 1. The first kappa shape index (κ1) is 23.1. The Morgan fingerprint density at radius 3 is 2.18 bits per heavy atom. The van der Waals surface area contributed by atoms with E-state index in [0.717, 1.165) is 16.8 Å². The maximum Gasteiger partial charge on any atom is 0.295 e. The van der Waals surface area contributed by atoms with E-state index in [4.69, 9.17) is 4.74 Å². The molecule has 1 N–H and O–H groups in total. The van der Waals surface area contributed by atoms with Crippen LogP contribution in [0, 0.1) is 0 Å². The minimum Gasteiger partial charge on any atom is -0.507 e. The van der Waals surface area contributed by atoms with Crippen LogP contribution in [0.1, 0.15) is 22.7 Å². The van der Waals surface area contributed by atoms with Crippen molar-refractivity contribution < 1.29 is 19.4 Å². The molecule has 0 aliphatic carbocycles. The number of anilines is 1. The molecule has 0 saturated carbocycles. The van der Waals surface area contributed by atoms with Crippen molar-refractivity contribution >= 4 is 23.1 Å². The van der Waals surface area contributed by atoms with Crippen molar-refractivity contribution in [3.8, 4) is 5.75 Å². The second-order valence-electron chi connectivity index (χ2n) is 8.44. The average molecular weight is 457 g/mol. The molecule has 1 amide bonds. The molecule has 1 fully saturated rings. The molecule has 0 aromatic heterocycles. The van der Waals surface area contributed by atoms with Gasteiger partial charge in [0.1, 0.15) is 11.5 Å². The second kappa shape index (κ2) is 9.83. The first-order valence-electron chi connectivity index (χ1n) is 11.1. The number of likely N-dealkylation sites (tertiary alicyclic amines) is 1. The van der Waals surface area contributed by atoms with Gasteiger partial charge in [-0.3, -0.25) is 9.59 Å². The van der Waals surface area contributed by atoms with Crippen LogP contribution >= 0.6 is 0 Å². The van der Waals surface area contributed by atoms with Gasteiger partial charge in [-0.15, -0.1) is 0 Å². The Balaban J connectivity index is 1.77. The van der Waals surface area contributed by atoms with E-state index < -0.39 is 17.7 Å². The van der Waals surface area contributed by atoms with Crippen LogP contribution in [0.2, 0.25) is 0 Å². The maximum atomic E-state index is 13.2. The van der Waals surface area contributed by atoms with Gasteiger partial charge in [-0.1, -0.05) is 42.5 Å². The molecule has 3 aromatic rings. The lowest BCUT2D eigenvalue weighted by Crippen LogP contribution is -2.31. The molecule has 1 aliphatic heterocycles. The Bertz CT molecular complexity index is 1200. The van der Waals surface area contributed by atoms with Gasteiger partial charge in [0.25, 0.3) is 11.7 Å². The number of carbonyl (C=O) groups excluding carboxylic acids is 2. The number of methoxy groups -OCH3 is 1. The van der Waals surface area contributed by atoms with Crippen LogP contribution in [-0.2, 0) is 16.0 Å². The number of nitrogens with zero attached hydrogens (tertiary/aromatic N) is 2. The van der Waals surface area contributed by atoms with E-state index in [1.807, 2.05) is 73.6 Å². The molecule has 4 rings (SSSR count). The Labute approximate surface area is 199 Å². The third-order valence-corrected chi connectivity index (χ3v) is 6.11. The topological polar surface area (TPSA) is 70.1 Å². The number of amides is 1. The predicted molar refractivity (Wildman–Crippen MR) is 133 cm³/mol. The highest BCUT2D eigenvalue weighted by Crippen LogP contribution is 2.40. The van der Waals surface area contributed by atoms with Crippen molar-refractivity contribution in [2.75, 3.05) is 32.6 Å². The van der Waals surface area contributed by atoms with Crippen LogP contribution in [0.3, 0.4) is 0 Å². The molecule has 1 saturated heterocycles. The Morgan fingerprint density at radius 1 is 0.941 bits per heavy atom. The fraction of sp³-hybridized carbons (Fsp3) is 0.214. The SMILES string of the molecule is COc1ccc(C(O)=C2C(=O)C(=O)N(CCc3ccccc3)C2c2ccc(N(C)C)cc2)cc1. The van der Waals surface area contributed by atoms with Crippen LogP contribution in [0.15, 0.2) is 84.4 Å². The standard InChI is InChI=1S/C28H28N2O4/c1-29(2)22-13-9-20(10-14-22)25-24(26(31)21-11-15-23(34-3)16-12-21)27(32)28(33)30(25)18-17-19-7-5-4-6-8-19/h4-16,25,31H,17-18H2,1-3H3. The third-order valence-electron chi connectivity index (χ3n) is 6.11. The lowest BCUT2D eigenvalue weighted by Gasteiger charge is -2.26. The summed E-state index contributed by atoms with van der Waals surface area (Å²) in [7, 11) is 5.46. The number of rotatable bonds is 7. The summed E-state index contributed by atoms with van der Waals surface area (Å²) in [5, 5.41) is 11.2. The predicted octanol–water partition coefficient (Wildman–Crippen LogP) is 4.43. The van der Waals surface area contributed by atoms with Crippen LogP contribution in [0.4, 0.5) is 5.69 Å². The quantitative estimate of drug-likeness (QED) is 0.324. The smallest absolute Gasteiger partial charge is 0.295 e. The molecule has 3 aromatic carbocycles. The highest BCUT2D eigenvalue weighted by atomic mass is 16.5. The Hall–Kier alpha value is -4.06. The van der Waals surface area contributed by atoms with E-state index in [1.165, 1.54) is 0 Å². The number of ketones is 1. The minimum absolute atomic E-state index is 0.0980. The molecule has 1 unspecified atom stereocenters. The number of carbonyl (C=O) groups is 2. The van der Waals surface area contributed by atoms with Gasteiger partial charge >= 0.3 is 0 Å². The first-order chi connectivity index (χ1) is 16.4. The number of hydrogen-bond acceptors (Lipinski definition) is 5. The van der Waals surface area contributed by atoms with Crippen molar-refractivity contribution in [3.05, 3.63) is 101 Å². The van der Waals surface area contributed by atoms with E-state index in [2.05, 4.69) is 0 Å². The van der Waals surface area contributed by atoms with Crippen LogP contribution in [0.5, 0.6) is 5.75 Å². The number of benzene rings is 3.